The molecule has 1 aromatic rings. The zero-order valence-corrected chi connectivity index (χ0v) is 10.5. The van der Waals surface area contributed by atoms with E-state index in [-0.39, 0.29) is 5.38 Å². The van der Waals surface area contributed by atoms with Gasteiger partial charge in [-0.1, -0.05) is 23.2 Å². The molecule has 1 aliphatic rings. The molecule has 1 aromatic carbocycles. The van der Waals surface area contributed by atoms with Crippen molar-refractivity contribution in [3.63, 3.8) is 0 Å². The highest BCUT2D eigenvalue weighted by Gasteiger charge is 2.32. The van der Waals surface area contributed by atoms with Gasteiger partial charge in [0.2, 0.25) is 0 Å². The summed E-state index contributed by atoms with van der Waals surface area (Å²) in [5.41, 5.74) is 0.909. The number of methoxy groups -OCH3 is 1. The lowest BCUT2D eigenvalue weighted by molar-refractivity contribution is 0.415. The Morgan fingerprint density at radius 1 is 1.27 bits per heavy atom. The molecule has 0 radical (unpaired) electrons. The van der Waals surface area contributed by atoms with Gasteiger partial charge in [-0.05, 0) is 30.4 Å². The van der Waals surface area contributed by atoms with Gasteiger partial charge in [0.05, 0.1) is 17.5 Å². The van der Waals surface area contributed by atoms with Crippen LogP contribution in [0.1, 0.15) is 23.8 Å². The first-order valence-electron chi connectivity index (χ1n) is 4.80. The van der Waals surface area contributed by atoms with E-state index in [1.165, 1.54) is 12.8 Å². The van der Waals surface area contributed by atoms with E-state index in [0.29, 0.717) is 21.7 Å². The molecule has 0 aromatic heterocycles. The van der Waals surface area contributed by atoms with Crippen molar-refractivity contribution in [1.29, 1.82) is 0 Å². The van der Waals surface area contributed by atoms with Gasteiger partial charge in [0, 0.05) is 11.1 Å². The van der Waals surface area contributed by atoms with E-state index in [1.54, 1.807) is 19.2 Å². The fourth-order valence-corrected chi connectivity index (χ4v) is 2.56. The minimum Gasteiger partial charge on any atom is -0.495 e. The minimum absolute atomic E-state index is 0.0269. The maximum atomic E-state index is 6.29. The van der Waals surface area contributed by atoms with E-state index in [1.807, 2.05) is 0 Å². The first-order chi connectivity index (χ1) is 7.13. The molecule has 15 heavy (non-hydrogen) atoms. The number of ether oxygens (including phenoxy) is 1. The van der Waals surface area contributed by atoms with Crippen molar-refractivity contribution in [2.45, 2.75) is 18.2 Å². The quantitative estimate of drug-likeness (QED) is 0.720. The summed E-state index contributed by atoms with van der Waals surface area (Å²) in [6.07, 6.45) is 2.35. The molecule has 0 bridgehead atoms. The summed E-state index contributed by atoms with van der Waals surface area (Å²) in [5, 5.41) is 1.16. The first-order valence-corrected chi connectivity index (χ1v) is 5.99. The van der Waals surface area contributed by atoms with Gasteiger partial charge in [0.1, 0.15) is 5.75 Å². The Labute approximate surface area is 104 Å². The number of benzene rings is 1. The van der Waals surface area contributed by atoms with E-state index in [0.717, 1.165) is 5.56 Å². The highest BCUT2D eigenvalue weighted by atomic mass is 35.5. The molecular weight excluding hydrogens is 254 g/mol. The Balaban J connectivity index is 2.34. The molecule has 1 nitrogen and oxygen atoms in total. The predicted octanol–water partition coefficient (Wildman–Crippen LogP) is 4.69. The van der Waals surface area contributed by atoms with Gasteiger partial charge in [0.15, 0.2) is 0 Å². The minimum atomic E-state index is -0.0269. The molecule has 0 spiro atoms. The standard InChI is InChI=1S/C11H11Cl3O/c1-15-10-5-8(12)7(4-9(10)13)11(14)6-2-3-6/h4-6,11H,2-3H2,1H3. The summed E-state index contributed by atoms with van der Waals surface area (Å²) in [6.45, 7) is 0. The molecule has 0 N–H and O–H groups in total. The van der Waals surface area contributed by atoms with Gasteiger partial charge in [0.25, 0.3) is 0 Å². The molecule has 82 valence electrons. The van der Waals surface area contributed by atoms with Gasteiger partial charge in [-0.3, -0.25) is 0 Å². The zero-order valence-electron chi connectivity index (χ0n) is 8.27. The molecule has 1 aliphatic carbocycles. The molecule has 1 atom stereocenters. The van der Waals surface area contributed by atoms with Crippen LogP contribution in [0.25, 0.3) is 0 Å². The smallest absolute Gasteiger partial charge is 0.138 e. The van der Waals surface area contributed by atoms with Crippen LogP contribution < -0.4 is 4.74 Å². The molecule has 0 saturated heterocycles. The Hall–Kier alpha value is -0.110. The number of hydrogen-bond donors (Lipinski definition) is 0. The van der Waals surface area contributed by atoms with Crippen LogP contribution in [0.2, 0.25) is 10.0 Å². The van der Waals surface area contributed by atoms with Crippen LogP contribution in [0, 0.1) is 5.92 Å². The van der Waals surface area contributed by atoms with Gasteiger partial charge >= 0.3 is 0 Å². The van der Waals surface area contributed by atoms with Gasteiger partial charge in [-0.2, -0.15) is 0 Å². The van der Waals surface area contributed by atoms with Crippen molar-refractivity contribution in [3.05, 3.63) is 27.7 Å². The first kappa shape index (κ1) is 11.4. The van der Waals surface area contributed by atoms with Crippen LogP contribution in [0.3, 0.4) is 0 Å². The number of rotatable bonds is 3. The Morgan fingerprint density at radius 2 is 1.93 bits per heavy atom. The summed E-state index contributed by atoms with van der Waals surface area (Å²) in [4.78, 5) is 0. The Bertz CT molecular complexity index is 374. The van der Waals surface area contributed by atoms with Crippen LogP contribution in [-0.2, 0) is 0 Å². The average molecular weight is 266 g/mol. The maximum Gasteiger partial charge on any atom is 0.138 e. The van der Waals surface area contributed by atoms with Crippen molar-refractivity contribution in [3.8, 4) is 5.75 Å². The number of alkyl halides is 1. The van der Waals surface area contributed by atoms with Crippen LogP contribution in [0.15, 0.2) is 12.1 Å². The highest BCUT2D eigenvalue weighted by Crippen LogP contribution is 2.48. The summed E-state index contributed by atoms with van der Waals surface area (Å²) in [7, 11) is 1.57. The lowest BCUT2D eigenvalue weighted by Gasteiger charge is -2.13. The summed E-state index contributed by atoms with van der Waals surface area (Å²) < 4.78 is 5.08. The fraction of sp³-hybridized carbons (Fsp3) is 0.455. The van der Waals surface area contributed by atoms with E-state index >= 15 is 0 Å². The molecule has 0 amide bonds. The van der Waals surface area contributed by atoms with E-state index in [4.69, 9.17) is 39.5 Å². The normalized spacial score (nSPS) is 17.6. The lowest BCUT2D eigenvalue weighted by Crippen LogP contribution is -1.95. The van der Waals surface area contributed by atoms with Crippen molar-refractivity contribution in [2.24, 2.45) is 5.92 Å². The summed E-state index contributed by atoms with van der Waals surface area (Å²) in [6, 6.07) is 3.52. The van der Waals surface area contributed by atoms with Crippen LogP contribution in [0.4, 0.5) is 0 Å². The number of halogens is 3. The van der Waals surface area contributed by atoms with Gasteiger partial charge < -0.3 is 4.74 Å². The molecule has 1 fully saturated rings. The Morgan fingerprint density at radius 3 is 2.47 bits per heavy atom. The second-order valence-electron chi connectivity index (χ2n) is 3.75. The third-order valence-corrected chi connectivity index (χ3v) is 3.82. The second-order valence-corrected chi connectivity index (χ2v) is 5.03. The summed E-state index contributed by atoms with van der Waals surface area (Å²) in [5.74, 6) is 1.14. The third-order valence-electron chi connectivity index (χ3n) is 2.60. The topological polar surface area (TPSA) is 9.23 Å². The zero-order chi connectivity index (χ0) is 11.0. The van der Waals surface area contributed by atoms with Crippen molar-refractivity contribution in [2.75, 3.05) is 7.11 Å². The van der Waals surface area contributed by atoms with E-state index < -0.39 is 0 Å². The van der Waals surface area contributed by atoms with Crippen LogP contribution in [0.5, 0.6) is 5.75 Å². The predicted molar refractivity (Wildman–Crippen MR) is 64.3 cm³/mol. The van der Waals surface area contributed by atoms with Crippen molar-refractivity contribution < 1.29 is 4.74 Å². The monoisotopic (exact) mass is 264 g/mol. The van der Waals surface area contributed by atoms with Gasteiger partial charge in [-0.15, -0.1) is 11.6 Å². The molecule has 1 unspecified atom stereocenters. The molecule has 2 rings (SSSR count). The molecule has 1 saturated carbocycles. The third kappa shape index (κ3) is 2.35. The van der Waals surface area contributed by atoms with Crippen molar-refractivity contribution >= 4 is 34.8 Å². The average Bonchev–Trinajstić information content (AvgIpc) is 3.03. The van der Waals surface area contributed by atoms with Gasteiger partial charge in [-0.25, -0.2) is 0 Å². The molecule has 0 aliphatic heterocycles. The fourth-order valence-electron chi connectivity index (χ4n) is 1.55. The molecule has 0 heterocycles. The number of hydrogen-bond acceptors (Lipinski definition) is 1. The molecular formula is C11H11Cl3O. The summed E-state index contributed by atoms with van der Waals surface area (Å²) >= 11 is 18.4. The Kier molecular flexibility index (Phi) is 3.34. The SMILES string of the molecule is COc1cc(Cl)c(C(Cl)C2CC2)cc1Cl. The lowest BCUT2D eigenvalue weighted by atomic mass is 10.1. The largest absolute Gasteiger partial charge is 0.495 e. The maximum absolute atomic E-state index is 6.29. The van der Waals surface area contributed by atoms with Crippen molar-refractivity contribution in [1.82, 2.24) is 0 Å². The van der Waals surface area contributed by atoms with E-state index in [9.17, 15) is 0 Å². The van der Waals surface area contributed by atoms with Crippen LogP contribution >= 0.6 is 34.8 Å². The van der Waals surface area contributed by atoms with E-state index in [2.05, 4.69) is 0 Å². The molecule has 4 heteroatoms. The second kappa shape index (κ2) is 4.40. The van der Waals surface area contributed by atoms with Crippen LogP contribution in [-0.4, -0.2) is 7.11 Å². The highest BCUT2D eigenvalue weighted by molar-refractivity contribution is 6.35.